The smallest absolute Gasteiger partial charge is 0.251 e. The third kappa shape index (κ3) is 3.90. The van der Waals surface area contributed by atoms with E-state index in [4.69, 9.17) is 0 Å². The molecule has 4 rings (SSSR count). The van der Waals surface area contributed by atoms with E-state index in [-0.39, 0.29) is 11.8 Å². The summed E-state index contributed by atoms with van der Waals surface area (Å²) in [6, 6.07) is 17.1. The molecule has 0 bridgehead atoms. The van der Waals surface area contributed by atoms with Gasteiger partial charge in [-0.15, -0.1) is 11.3 Å². The lowest BCUT2D eigenvalue weighted by Gasteiger charge is -2.15. The highest BCUT2D eigenvalue weighted by Gasteiger charge is 2.21. The number of carbonyl (C=O) groups is 2. The second kappa shape index (κ2) is 7.72. The number of amides is 2. The van der Waals surface area contributed by atoms with Crippen molar-refractivity contribution in [3.8, 4) is 11.3 Å². The van der Waals surface area contributed by atoms with Gasteiger partial charge >= 0.3 is 0 Å². The van der Waals surface area contributed by atoms with E-state index in [1.54, 1.807) is 17.0 Å². The zero-order valence-corrected chi connectivity index (χ0v) is 15.5. The van der Waals surface area contributed by atoms with Crippen LogP contribution in [0.5, 0.6) is 0 Å². The maximum atomic E-state index is 12.4. The average molecular weight is 377 g/mol. The summed E-state index contributed by atoms with van der Waals surface area (Å²) in [6.45, 7) is 1.14. The van der Waals surface area contributed by atoms with Gasteiger partial charge in [0, 0.05) is 35.2 Å². The molecule has 2 aromatic carbocycles. The molecule has 1 N–H and O–H groups in total. The van der Waals surface area contributed by atoms with Crippen molar-refractivity contribution in [1.29, 1.82) is 0 Å². The van der Waals surface area contributed by atoms with Crippen LogP contribution in [-0.4, -0.2) is 23.3 Å². The van der Waals surface area contributed by atoms with E-state index in [2.05, 4.69) is 10.3 Å². The first-order valence-electron chi connectivity index (χ1n) is 8.89. The summed E-state index contributed by atoms with van der Waals surface area (Å²) in [4.78, 5) is 30.5. The molecule has 27 heavy (non-hydrogen) atoms. The van der Waals surface area contributed by atoms with Crippen LogP contribution in [0, 0.1) is 0 Å². The van der Waals surface area contributed by atoms with Gasteiger partial charge in [0.2, 0.25) is 5.91 Å². The van der Waals surface area contributed by atoms with Crippen LogP contribution in [-0.2, 0) is 11.3 Å². The molecule has 1 aromatic heterocycles. The predicted octanol–water partition coefficient (Wildman–Crippen LogP) is 3.87. The molecule has 1 aliphatic heterocycles. The summed E-state index contributed by atoms with van der Waals surface area (Å²) in [5, 5.41) is 5.77. The maximum absolute atomic E-state index is 12.4. The fourth-order valence-corrected chi connectivity index (χ4v) is 3.85. The lowest BCUT2D eigenvalue weighted by molar-refractivity contribution is -0.117. The normalized spacial score (nSPS) is 13.8. The molecule has 0 atom stereocenters. The highest BCUT2D eigenvalue weighted by Crippen LogP contribution is 2.23. The van der Waals surface area contributed by atoms with E-state index in [1.165, 1.54) is 11.3 Å². The summed E-state index contributed by atoms with van der Waals surface area (Å²) >= 11 is 1.53. The second-order valence-electron chi connectivity index (χ2n) is 6.37. The average Bonchev–Trinajstić information content (AvgIpc) is 3.36. The van der Waals surface area contributed by atoms with E-state index in [1.807, 2.05) is 47.8 Å². The lowest BCUT2D eigenvalue weighted by atomic mass is 10.2. The third-order valence-corrected chi connectivity index (χ3v) is 5.38. The molecule has 6 heteroatoms. The zero-order chi connectivity index (χ0) is 18.6. The van der Waals surface area contributed by atoms with E-state index < -0.39 is 0 Å². The number of hydrogen-bond acceptors (Lipinski definition) is 4. The summed E-state index contributed by atoms with van der Waals surface area (Å²) in [6.07, 6.45) is 1.49. The van der Waals surface area contributed by atoms with Gasteiger partial charge in [-0.2, -0.15) is 0 Å². The zero-order valence-electron chi connectivity index (χ0n) is 14.7. The first kappa shape index (κ1) is 17.4. The lowest BCUT2D eigenvalue weighted by Crippen LogP contribution is -2.24. The Bertz CT molecular complexity index is 951. The molecule has 1 aliphatic rings. The van der Waals surface area contributed by atoms with Crippen molar-refractivity contribution in [2.24, 2.45) is 0 Å². The van der Waals surface area contributed by atoms with Gasteiger partial charge in [0.05, 0.1) is 12.2 Å². The molecule has 0 unspecified atom stereocenters. The molecule has 2 heterocycles. The van der Waals surface area contributed by atoms with Crippen LogP contribution in [0.25, 0.3) is 11.3 Å². The Balaban J connectivity index is 1.37. The minimum Gasteiger partial charge on any atom is -0.346 e. The van der Waals surface area contributed by atoms with E-state index in [9.17, 15) is 9.59 Å². The molecule has 0 radical (unpaired) electrons. The van der Waals surface area contributed by atoms with Crippen LogP contribution < -0.4 is 10.2 Å². The van der Waals surface area contributed by atoms with Gasteiger partial charge in [0.15, 0.2) is 0 Å². The number of aromatic nitrogens is 1. The molecular weight excluding hydrogens is 358 g/mol. The predicted molar refractivity (Wildman–Crippen MR) is 107 cm³/mol. The Morgan fingerprint density at radius 2 is 1.89 bits per heavy atom. The van der Waals surface area contributed by atoms with Gasteiger partial charge in [-0.25, -0.2) is 4.98 Å². The van der Waals surface area contributed by atoms with Crippen LogP contribution in [0.2, 0.25) is 0 Å². The minimum atomic E-state index is -0.147. The Morgan fingerprint density at radius 1 is 1.11 bits per heavy atom. The first-order valence-corrected chi connectivity index (χ1v) is 9.77. The highest BCUT2D eigenvalue weighted by atomic mass is 32.1. The van der Waals surface area contributed by atoms with E-state index in [0.29, 0.717) is 18.5 Å². The SMILES string of the molecule is O=C(NCc1nc(-c2ccccc2)cs1)c1ccc(N2CCCC2=O)cc1. The number of thiazole rings is 1. The largest absolute Gasteiger partial charge is 0.346 e. The van der Waals surface area contributed by atoms with Crippen molar-refractivity contribution in [1.82, 2.24) is 10.3 Å². The number of benzene rings is 2. The Labute approximate surface area is 161 Å². The van der Waals surface area contributed by atoms with E-state index >= 15 is 0 Å². The van der Waals surface area contributed by atoms with E-state index in [0.717, 1.165) is 34.9 Å². The summed E-state index contributed by atoms with van der Waals surface area (Å²) in [5.41, 5.74) is 3.41. The number of hydrogen-bond donors (Lipinski definition) is 1. The Kier molecular flexibility index (Phi) is 4.98. The molecule has 1 saturated heterocycles. The van der Waals surface area contributed by atoms with Gasteiger partial charge in [-0.05, 0) is 30.7 Å². The van der Waals surface area contributed by atoms with Crippen LogP contribution >= 0.6 is 11.3 Å². The van der Waals surface area contributed by atoms with Crippen molar-refractivity contribution in [2.75, 3.05) is 11.4 Å². The van der Waals surface area contributed by atoms with Crippen molar-refractivity contribution in [2.45, 2.75) is 19.4 Å². The van der Waals surface area contributed by atoms with Gasteiger partial charge in [0.25, 0.3) is 5.91 Å². The van der Waals surface area contributed by atoms with Crippen LogP contribution in [0.3, 0.4) is 0 Å². The van der Waals surface area contributed by atoms with Crippen LogP contribution in [0.1, 0.15) is 28.2 Å². The fourth-order valence-electron chi connectivity index (χ4n) is 3.11. The molecule has 1 fully saturated rings. The molecule has 0 saturated carbocycles. The second-order valence-corrected chi connectivity index (χ2v) is 7.31. The maximum Gasteiger partial charge on any atom is 0.251 e. The topological polar surface area (TPSA) is 62.3 Å². The molecule has 0 aliphatic carbocycles. The van der Waals surface area contributed by atoms with Crippen LogP contribution in [0.4, 0.5) is 5.69 Å². The molecule has 136 valence electrons. The Morgan fingerprint density at radius 3 is 2.59 bits per heavy atom. The van der Waals surface area contributed by atoms with Gasteiger partial charge in [-0.3, -0.25) is 9.59 Å². The third-order valence-electron chi connectivity index (χ3n) is 4.54. The molecule has 5 nitrogen and oxygen atoms in total. The minimum absolute atomic E-state index is 0.144. The van der Waals surface area contributed by atoms with Gasteiger partial charge in [0.1, 0.15) is 5.01 Å². The van der Waals surface area contributed by atoms with Crippen molar-refractivity contribution in [3.05, 3.63) is 70.5 Å². The molecule has 2 amide bonds. The number of carbonyl (C=O) groups excluding carboxylic acids is 2. The highest BCUT2D eigenvalue weighted by molar-refractivity contribution is 7.09. The quantitative estimate of drug-likeness (QED) is 0.734. The number of rotatable bonds is 5. The summed E-state index contributed by atoms with van der Waals surface area (Å²) in [5.74, 6) is -0.00375. The number of nitrogens with zero attached hydrogens (tertiary/aromatic N) is 2. The molecule has 0 spiro atoms. The standard InChI is InChI=1S/C21H19N3O2S/c25-20-7-4-12-24(20)17-10-8-16(9-11-17)21(26)22-13-19-23-18(14-27-19)15-5-2-1-3-6-15/h1-3,5-6,8-11,14H,4,7,12-13H2,(H,22,26). The molecular formula is C21H19N3O2S. The van der Waals surface area contributed by atoms with Crippen molar-refractivity contribution < 1.29 is 9.59 Å². The summed E-state index contributed by atoms with van der Waals surface area (Å²) < 4.78 is 0. The first-order chi connectivity index (χ1) is 13.2. The van der Waals surface area contributed by atoms with Gasteiger partial charge < -0.3 is 10.2 Å². The number of anilines is 1. The van der Waals surface area contributed by atoms with Crippen LogP contribution in [0.15, 0.2) is 60.0 Å². The van der Waals surface area contributed by atoms with Crippen molar-refractivity contribution >= 4 is 28.8 Å². The van der Waals surface area contributed by atoms with Gasteiger partial charge in [-0.1, -0.05) is 30.3 Å². The van der Waals surface area contributed by atoms with Crippen molar-refractivity contribution in [3.63, 3.8) is 0 Å². The summed E-state index contributed by atoms with van der Waals surface area (Å²) in [7, 11) is 0. The Hall–Kier alpha value is -2.99. The molecule has 3 aromatic rings. The fraction of sp³-hybridized carbons (Fsp3) is 0.190. The number of nitrogens with one attached hydrogen (secondary N) is 1. The monoisotopic (exact) mass is 377 g/mol.